The number of hydrazine groups is 1. The lowest BCUT2D eigenvalue weighted by molar-refractivity contribution is -0.176. The maximum atomic E-state index is 13.5. The average molecular weight is 532 g/mol. The highest BCUT2D eigenvalue weighted by Gasteiger charge is 2.45. The van der Waals surface area contributed by atoms with Crippen LogP contribution < -0.4 is 16.0 Å². The number of ketones is 1. The van der Waals surface area contributed by atoms with Crippen molar-refractivity contribution in [1.29, 1.82) is 0 Å². The lowest BCUT2D eigenvalue weighted by Crippen LogP contribution is -2.64. The molecule has 0 spiro atoms. The van der Waals surface area contributed by atoms with Crippen LogP contribution in [0.25, 0.3) is 5.53 Å². The van der Waals surface area contributed by atoms with E-state index in [4.69, 9.17) is 5.53 Å². The summed E-state index contributed by atoms with van der Waals surface area (Å²) < 4.78 is 0. The van der Waals surface area contributed by atoms with Crippen LogP contribution in [-0.2, 0) is 25.6 Å². The van der Waals surface area contributed by atoms with Crippen LogP contribution in [0.5, 0.6) is 0 Å². The molecule has 2 fully saturated rings. The monoisotopic (exact) mass is 531 g/mol. The highest BCUT2D eigenvalue weighted by atomic mass is 32.1. The number of hydrogen-bond donors (Lipinski definition) is 3. The third-order valence-electron chi connectivity index (χ3n) is 6.26. The van der Waals surface area contributed by atoms with Gasteiger partial charge in [-0.3, -0.25) is 24.2 Å². The molecule has 0 bridgehead atoms. The zero-order valence-electron chi connectivity index (χ0n) is 21.0. The first kappa shape index (κ1) is 28.0. The second kappa shape index (κ2) is 13.1. The number of thiophene rings is 1. The van der Waals surface area contributed by atoms with Crippen molar-refractivity contribution in [2.24, 2.45) is 5.92 Å². The number of rotatable bonds is 10. The Morgan fingerprint density at radius 1 is 1.27 bits per heavy atom. The summed E-state index contributed by atoms with van der Waals surface area (Å²) in [7, 11) is 0. The van der Waals surface area contributed by atoms with Crippen LogP contribution in [0.15, 0.2) is 17.5 Å². The quantitative estimate of drug-likeness (QED) is 0.231. The standard InChI is InChI=1S/C24H33N7O5S/c1-15(2)13-18(20(32)14-27-25)28-22(34)19-6-3-11-30-21(33)8-7-17(23(35)31(19)30)29-24(36)26-10-9-16-5-4-12-37-16/h4-5,12,14-15,17-19H,3,6-11,13H2,1-2H3,(H,28,34)(H2,26,29,36)/t17-,18-,19-/m0/s1. The molecule has 13 heteroatoms. The third-order valence-corrected chi connectivity index (χ3v) is 7.19. The molecule has 5 amide bonds. The van der Waals surface area contributed by atoms with E-state index in [1.165, 1.54) is 5.01 Å². The van der Waals surface area contributed by atoms with Gasteiger partial charge in [-0.05, 0) is 49.5 Å². The highest BCUT2D eigenvalue weighted by Crippen LogP contribution is 2.25. The number of carbonyl (C=O) groups excluding carboxylic acids is 5. The van der Waals surface area contributed by atoms with Gasteiger partial charge in [-0.15, -0.1) is 11.3 Å². The second-order valence-electron chi connectivity index (χ2n) is 9.52. The molecule has 0 aromatic carbocycles. The predicted octanol–water partition coefficient (Wildman–Crippen LogP) is 0.887. The van der Waals surface area contributed by atoms with E-state index in [9.17, 15) is 24.0 Å². The fourth-order valence-corrected chi connectivity index (χ4v) is 5.21. The van der Waals surface area contributed by atoms with Gasteiger partial charge in [0.2, 0.25) is 11.8 Å². The topological polar surface area (TPSA) is 164 Å². The van der Waals surface area contributed by atoms with E-state index in [2.05, 4.69) is 20.7 Å². The van der Waals surface area contributed by atoms with Crippen LogP contribution in [0.4, 0.5) is 4.79 Å². The maximum Gasteiger partial charge on any atom is 0.325 e. The minimum Gasteiger partial charge on any atom is -0.361 e. The van der Waals surface area contributed by atoms with Gasteiger partial charge >= 0.3 is 12.2 Å². The molecule has 3 N–H and O–H groups in total. The van der Waals surface area contributed by atoms with Crippen molar-refractivity contribution in [2.75, 3.05) is 13.1 Å². The Bertz CT molecular complexity index is 1050. The third kappa shape index (κ3) is 7.46. The van der Waals surface area contributed by atoms with E-state index < -0.39 is 41.8 Å². The number of amides is 5. The summed E-state index contributed by atoms with van der Waals surface area (Å²) in [4.78, 5) is 68.4. The Hall–Kier alpha value is -3.57. The summed E-state index contributed by atoms with van der Waals surface area (Å²) in [5.74, 6) is -1.97. The predicted molar refractivity (Wildman–Crippen MR) is 135 cm³/mol. The van der Waals surface area contributed by atoms with Crippen LogP contribution in [0, 0.1) is 5.92 Å². The van der Waals surface area contributed by atoms with Crippen molar-refractivity contribution in [2.45, 2.75) is 70.5 Å². The van der Waals surface area contributed by atoms with Gasteiger partial charge in [0.05, 0.1) is 6.04 Å². The maximum absolute atomic E-state index is 13.5. The van der Waals surface area contributed by atoms with Crippen LogP contribution in [0.2, 0.25) is 0 Å². The Morgan fingerprint density at radius 2 is 2.05 bits per heavy atom. The lowest BCUT2D eigenvalue weighted by atomic mass is 9.99. The Kier molecular flexibility index (Phi) is 9.93. The molecule has 37 heavy (non-hydrogen) atoms. The van der Waals surface area contributed by atoms with Gasteiger partial charge in [-0.1, -0.05) is 19.9 Å². The number of fused-ring (bicyclic) bond motifs is 1. The Balaban J connectivity index is 1.71. The van der Waals surface area contributed by atoms with Crippen LogP contribution in [0.3, 0.4) is 0 Å². The number of nitrogens with one attached hydrogen (secondary N) is 3. The number of nitrogens with zero attached hydrogens (tertiary/aromatic N) is 4. The summed E-state index contributed by atoms with van der Waals surface area (Å²) in [6.45, 7) is 4.42. The molecule has 0 aliphatic carbocycles. The van der Waals surface area contributed by atoms with E-state index >= 15 is 0 Å². The second-order valence-corrected chi connectivity index (χ2v) is 10.5. The summed E-state index contributed by atoms with van der Waals surface area (Å²) in [5, 5.41) is 12.4. The summed E-state index contributed by atoms with van der Waals surface area (Å²) in [5.41, 5.74) is 8.75. The van der Waals surface area contributed by atoms with Crippen LogP contribution >= 0.6 is 11.3 Å². The summed E-state index contributed by atoms with van der Waals surface area (Å²) >= 11 is 1.59. The molecular formula is C24H33N7O5S. The molecule has 12 nitrogen and oxygen atoms in total. The minimum atomic E-state index is -1.02. The molecule has 0 saturated carbocycles. The molecule has 3 rings (SSSR count). The molecule has 2 aliphatic rings. The van der Waals surface area contributed by atoms with Crippen molar-refractivity contribution in [3.63, 3.8) is 0 Å². The Labute approximate surface area is 219 Å². The number of urea groups is 1. The molecule has 0 unspecified atom stereocenters. The van der Waals surface area contributed by atoms with Crippen LogP contribution in [-0.4, -0.2) is 81.8 Å². The molecule has 1 aromatic rings. The Morgan fingerprint density at radius 3 is 2.73 bits per heavy atom. The van der Waals surface area contributed by atoms with E-state index in [1.807, 2.05) is 31.4 Å². The number of Topliss-reactive ketones (excluding diaryl/α,β-unsaturated/α-hetero) is 1. The summed E-state index contributed by atoms with van der Waals surface area (Å²) in [6.07, 6.45) is 2.62. The van der Waals surface area contributed by atoms with Gasteiger partial charge < -0.3 is 21.5 Å². The van der Waals surface area contributed by atoms with Crippen LogP contribution in [0.1, 0.15) is 50.8 Å². The van der Waals surface area contributed by atoms with E-state index in [1.54, 1.807) is 11.3 Å². The van der Waals surface area contributed by atoms with Crippen molar-refractivity contribution in [3.05, 3.63) is 27.9 Å². The van der Waals surface area contributed by atoms with Gasteiger partial charge in [0.25, 0.3) is 11.7 Å². The molecule has 2 saturated heterocycles. The molecule has 3 atom stereocenters. The molecule has 0 radical (unpaired) electrons. The summed E-state index contributed by atoms with van der Waals surface area (Å²) in [6, 6.07) is 0.414. The molecule has 3 heterocycles. The zero-order valence-corrected chi connectivity index (χ0v) is 21.8. The molecular weight excluding hydrogens is 498 g/mol. The molecule has 1 aromatic heterocycles. The zero-order chi connectivity index (χ0) is 26.9. The van der Waals surface area contributed by atoms with Gasteiger partial charge in [0.15, 0.2) is 0 Å². The minimum absolute atomic E-state index is 0.0398. The molecule has 2 aliphatic heterocycles. The van der Waals surface area contributed by atoms with Gasteiger partial charge in [-0.25, -0.2) is 9.80 Å². The smallest absolute Gasteiger partial charge is 0.325 e. The van der Waals surface area contributed by atoms with Crippen molar-refractivity contribution in [1.82, 2.24) is 26.0 Å². The van der Waals surface area contributed by atoms with E-state index in [0.29, 0.717) is 25.8 Å². The van der Waals surface area contributed by atoms with Crippen molar-refractivity contribution < 1.29 is 28.8 Å². The van der Waals surface area contributed by atoms with E-state index in [-0.39, 0.29) is 37.6 Å². The average Bonchev–Trinajstić information content (AvgIpc) is 3.34. The highest BCUT2D eigenvalue weighted by molar-refractivity contribution is 7.09. The molecule has 200 valence electrons. The van der Waals surface area contributed by atoms with Gasteiger partial charge in [0, 0.05) is 24.4 Å². The normalized spacial score (nSPS) is 20.4. The first-order valence-electron chi connectivity index (χ1n) is 12.4. The fourth-order valence-electron chi connectivity index (χ4n) is 4.50. The van der Waals surface area contributed by atoms with Gasteiger partial charge in [-0.2, -0.15) is 4.79 Å². The largest absolute Gasteiger partial charge is 0.361 e. The number of carbonyl (C=O) groups is 5. The van der Waals surface area contributed by atoms with Gasteiger partial charge in [0.1, 0.15) is 12.1 Å². The fraction of sp³-hybridized carbons (Fsp3) is 0.583. The van der Waals surface area contributed by atoms with Crippen molar-refractivity contribution in [3.8, 4) is 0 Å². The number of hydrogen-bond acceptors (Lipinski definition) is 6. The first-order chi connectivity index (χ1) is 17.7. The first-order valence-corrected chi connectivity index (χ1v) is 13.3. The van der Waals surface area contributed by atoms with Crippen molar-refractivity contribution >= 4 is 47.1 Å². The van der Waals surface area contributed by atoms with E-state index in [0.717, 1.165) is 16.1 Å². The lowest BCUT2D eigenvalue weighted by Gasteiger charge is -2.43. The SMILES string of the molecule is CC(C)C[C@H](NC(=O)[C@@H]1CCCN2C(=O)CC[C@H](NC(=O)NCCc3cccs3)C(=O)N12)C(=O)C=[N+]=[N-].